The third-order valence-corrected chi connectivity index (χ3v) is 5.13. The molecule has 5 N–H and O–H groups in total. The molecule has 7 heteroatoms. The molecule has 0 spiro atoms. The largest absolute Gasteiger partial charge is 0.411 e. The van der Waals surface area contributed by atoms with E-state index in [0.717, 1.165) is 25.7 Å². The minimum absolute atomic E-state index is 0.131. The summed E-state index contributed by atoms with van der Waals surface area (Å²) in [7, 11) is 0. The minimum atomic E-state index is -0.144. The van der Waals surface area contributed by atoms with E-state index < -0.39 is 0 Å². The van der Waals surface area contributed by atoms with E-state index >= 15 is 0 Å². The second-order valence-electron chi connectivity index (χ2n) is 7.09. The van der Waals surface area contributed by atoms with Crippen molar-refractivity contribution in [3.05, 3.63) is 47.7 Å². The first-order chi connectivity index (χ1) is 12.6. The van der Waals surface area contributed by atoms with Gasteiger partial charge in [0.1, 0.15) is 5.82 Å². The van der Waals surface area contributed by atoms with E-state index in [1.54, 1.807) is 0 Å². The SMILES string of the molecule is Nc1ncc(/C=N/O)c(NCC2(CO)CC(CCc3ccccc3)C2)n1. The maximum atomic E-state index is 9.88. The van der Waals surface area contributed by atoms with Crippen LogP contribution in [0.4, 0.5) is 11.8 Å². The Bertz CT molecular complexity index is 745. The molecule has 0 unspecified atom stereocenters. The third kappa shape index (κ3) is 4.29. The van der Waals surface area contributed by atoms with Crippen LogP contribution in [0.1, 0.15) is 30.4 Å². The summed E-state index contributed by atoms with van der Waals surface area (Å²) in [5, 5.41) is 24.9. The molecular weight excluding hydrogens is 330 g/mol. The lowest BCUT2D eigenvalue weighted by molar-refractivity contribution is 0.00302. The van der Waals surface area contributed by atoms with Gasteiger partial charge in [0.2, 0.25) is 5.95 Å². The average Bonchev–Trinajstić information content (AvgIpc) is 2.63. The molecule has 1 aliphatic rings. The highest BCUT2D eigenvalue weighted by atomic mass is 16.4. The van der Waals surface area contributed by atoms with Gasteiger partial charge in [0.05, 0.1) is 18.4 Å². The Kier molecular flexibility index (Phi) is 5.68. The Balaban J connectivity index is 1.54. The van der Waals surface area contributed by atoms with Gasteiger partial charge in [-0.3, -0.25) is 0 Å². The zero-order valence-corrected chi connectivity index (χ0v) is 14.7. The average molecular weight is 355 g/mol. The number of nitrogens with zero attached hydrogens (tertiary/aromatic N) is 3. The number of nitrogens with two attached hydrogens (primary N) is 1. The van der Waals surface area contributed by atoms with Crippen LogP contribution >= 0.6 is 0 Å². The van der Waals surface area contributed by atoms with Gasteiger partial charge < -0.3 is 21.4 Å². The summed E-state index contributed by atoms with van der Waals surface area (Å²) >= 11 is 0. The summed E-state index contributed by atoms with van der Waals surface area (Å²) in [6.07, 6.45) is 6.92. The van der Waals surface area contributed by atoms with Crippen LogP contribution in [0.5, 0.6) is 0 Å². The maximum absolute atomic E-state index is 9.88. The van der Waals surface area contributed by atoms with E-state index in [1.807, 2.05) is 6.07 Å². The molecule has 1 aromatic carbocycles. The number of aromatic nitrogens is 2. The summed E-state index contributed by atoms with van der Waals surface area (Å²) < 4.78 is 0. The van der Waals surface area contributed by atoms with Crippen LogP contribution in [0.2, 0.25) is 0 Å². The van der Waals surface area contributed by atoms with Crippen molar-refractivity contribution >= 4 is 18.0 Å². The van der Waals surface area contributed by atoms with Gasteiger partial charge in [-0.2, -0.15) is 4.98 Å². The van der Waals surface area contributed by atoms with Gasteiger partial charge >= 0.3 is 0 Å². The molecule has 26 heavy (non-hydrogen) atoms. The number of oxime groups is 1. The number of benzene rings is 1. The van der Waals surface area contributed by atoms with Crippen LogP contribution in [-0.4, -0.2) is 39.6 Å². The van der Waals surface area contributed by atoms with Crippen LogP contribution in [-0.2, 0) is 6.42 Å². The van der Waals surface area contributed by atoms with Crippen molar-refractivity contribution in [3.63, 3.8) is 0 Å². The van der Waals surface area contributed by atoms with E-state index in [9.17, 15) is 5.11 Å². The smallest absolute Gasteiger partial charge is 0.221 e. The summed E-state index contributed by atoms with van der Waals surface area (Å²) in [4.78, 5) is 8.05. The number of rotatable bonds is 8. The van der Waals surface area contributed by atoms with Gasteiger partial charge in [-0.25, -0.2) is 4.98 Å². The Morgan fingerprint density at radius 3 is 2.77 bits per heavy atom. The van der Waals surface area contributed by atoms with Crippen molar-refractivity contribution in [1.82, 2.24) is 9.97 Å². The fraction of sp³-hybridized carbons (Fsp3) is 0.421. The number of aliphatic hydroxyl groups is 1. The second-order valence-corrected chi connectivity index (χ2v) is 7.09. The first-order valence-corrected chi connectivity index (χ1v) is 8.83. The predicted octanol–water partition coefficient (Wildman–Crippen LogP) is 2.30. The number of nitrogens with one attached hydrogen (secondary N) is 1. The molecule has 0 bridgehead atoms. The number of hydrogen-bond acceptors (Lipinski definition) is 7. The summed E-state index contributed by atoms with van der Waals surface area (Å²) in [6.45, 7) is 0.722. The monoisotopic (exact) mass is 355 g/mol. The molecule has 1 heterocycles. The lowest BCUT2D eigenvalue weighted by atomic mass is 9.61. The molecule has 0 amide bonds. The summed E-state index contributed by atoms with van der Waals surface area (Å²) in [5.74, 6) is 1.28. The second kappa shape index (κ2) is 8.14. The Hall–Kier alpha value is -2.67. The molecule has 0 aliphatic heterocycles. The standard InChI is InChI=1S/C19H25N5O2/c20-18-21-10-16(11-23-26)17(24-18)22-12-19(13-25)8-15(9-19)7-6-14-4-2-1-3-5-14/h1-5,10-11,15,25-26H,6-9,12-13H2,(H3,20,21,22,24)/b23-11+. The van der Waals surface area contributed by atoms with Gasteiger partial charge in [-0.15, -0.1) is 0 Å². The van der Waals surface area contributed by atoms with Gasteiger partial charge in [0.15, 0.2) is 0 Å². The number of aliphatic hydroxyl groups excluding tert-OH is 1. The molecule has 1 saturated carbocycles. The van der Waals surface area contributed by atoms with Crippen LogP contribution in [0, 0.1) is 11.3 Å². The number of nitrogen functional groups attached to an aromatic ring is 1. The van der Waals surface area contributed by atoms with Crippen LogP contribution in [0.3, 0.4) is 0 Å². The summed E-state index contributed by atoms with van der Waals surface area (Å²) in [5.41, 5.74) is 7.40. The topological polar surface area (TPSA) is 117 Å². The van der Waals surface area contributed by atoms with Crippen LogP contribution in [0.25, 0.3) is 0 Å². The molecule has 138 valence electrons. The fourth-order valence-corrected chi connectivity index (χ4v) is 3.69. The molecule has 0 saturated heterocycles. The van der Waals surface area contributed by atoms with Crippen LogP contribution < -0.4 is 11.1 Å². The highest BCUT2D eigenvalue weighted by molar-refractivity contribution is 5.85. The molecule has 1 aromatic heterocycles. The van der Waals surface area contributed by atoms with Crippen molar-refractivity contribution in [1.29, 1.82) is 0 Å². The van der Waals surface area contributed by atoms with E-state index in [4.69, 9.17) is 10.9 Å². The highest BCUT2D eigenvalue weighted by Crippen LogP contribution is 2.47. The lowest BCUT2D eigenvalue weighted by Gasteiger charge is -2.47. The van der Waals surface area contributed by atoms with Gasteiger partial charge in [0.25, 0.3) is 0 Å². The lowest BCUT2D eigenvalue weighted by Crippen LogP contribution is -2.45. The maximum Gasteiger partial charge on any atom is 0.221 e. The number of aryl methyl sites for hydroxylation is 1. The zero-order valence-electron chi connectivity index (χ0n) is 14.7. The van der Waals surface area contributed by atoms with Crippen molar-refractivity contribution in [2.75, 3.05) is 24.2 Å². The van der Waals surface area contributed by atoms with Crippen molar-refractivity contribution < 1.29 is 10.3 Å². The van der Waals surface area contributed by atoms with Gasteiger partial charge in [-0.05, 0) is 37.2 Å². The molecule has 1 aliphatic carbocycles. The van der Waals surface area contributed by atoms with E-state index in [0.29, 0.717) is 23.8 Å². The van der Waals surface area contributed by atoms with E-state index in [1.165, 1.54) is 18.0 Å². The Morgan fingerprint density at radius 2 is 2.08 bits per heavy atom. The van der Waals surface area contributed by atoms with Crippen molar-refractivity contribution in [2.45, 2.75) is 25.7 Å². The van der Waals surface area contributed by atoms with Gasteiger partial charge in [-0.1, -0.05) is 35.5 Å². The minimum Gasteiger partial charge on any atom is -0.411 e. The molecular formula is C19H25N5O2. The third-order valence-electron chi connectivity index (χ3n) is 5.13. The fourth-order valence-electron chi connectivity index (χ4n) is 3.69. The molecule has 1 fully saturated rings. The normalized spacial score (nSPS) is 22.3. The molecule has 0 radical (unpaired) electrons. The van der Waals surface area contributed by atoms with E-state index in [2.05, 4.69) is 44.7 Å². The molecule has 7 nitrogen and oxygen atoms in total. The molecule has 3 rings (SSSR count). The molecule has 2 aromatic rings. The number of anilines is 2. The van der Waals surface area contributed by atoms with E-state index in [-0.39, 0.29) is 18.0 Å². The van der Waals surface area contributed by atoms with Crippen molar-refractivity contribution in [3.8, 4) is 0 Å². The quantitative estimate of drug-likeness (QED) is 0.328. The van der Waals surface area contributed by atoms with Gasteiger partial charge in [0, 0.05) is 18.2 Å². The summed E-state index contributed by atoms with van der Waals surface area (Å²) in [6, 6.07) is 10.5. The first-order valence-electron chi connectivity index (χ1n) is 8.83. The Morgan fingerprint density at radius 1 is 1.31 bits per heavy atom. The van der Waals surface area contributed by atoms with Crippen molar-refractivity contribution in [2.24, 2.45) is 16.5 Å². The molecule has 0 atom stereocenters. The highest BCUT2D eigenvalue weighted by Gasteiger charge is 2.43. The number of hydrogen-bond donors (Lipinski definition) is 4. The Labute approximate surface area is 153 Å². The van der Waals surface area contributed by atoms with Crippen LogP contribution in [0.15, 0.2) is 41.7 Å². The first kappa shape index (κ1) is 18.1. The predicted molar refractivity (Wildman–Crippen MR) is 101 cm³/mol. The zero-order chi connectivity index (χ0) is 18.4.